The van der Waals surface area contributed by atoms with E-state index in [2.05, 4.69) is 38.4 Å². The van der Waals surface area contributed by atoms with Crippen LogP contribution >= 0.6 is 11.6 Å². The van der Waals surface area contributed by atoms with Gasteiger partial charge in [-0.1, -0.05) is 35.9 Å². The van der Waals surface area contributed by atoms with Crippen molar-refractivity contribution >= 4 is 39.5 Å². The number of H-pyrrole nitrogens is 1. The van der Waals surface area contributed by atoms with E-state index >= 15 is 0 Å². The third-order valence-electron chi connectivity index (χ3n) is 6.76. The predicted molar refractivity (Wildman–Crippen MR) is 149 cm³/mol. The first kappa shape index (κ1) is 23.9. The fraction of sp³-hybridized carbons (Fsp3) is 0.179. The summed E-state index contributed by atoms with van der Waals surface area (Å²) < 4.78 is 3.46. The molecule has 6 rings (SSSR count). The molecule has 5 heterocycles. The second-order valence-corrected chi connectivity index (χ2v) is 9.75. The Bertz CT molecular complexity index is 1830. The zero-order valence-electron chi connectivity index (χ0n) is 20.9. The smallest absolute Gasteiger partial charge is 0.250 e. The van der Waals surface area contributed by atoms with Crippen LogP contribution in [0.3, 0.4) is 0 Å². The van der Waals surface area contributed by atoms with Gasteiger partial charge in [0.1, 0.15) is 17.8 Å². The van der Waals surface area contributed by atoms with Crippen LogP contribution in [0.2, 0.25) is 5.02 Å². The minimum Gasteiger partial charge on any atom is -0.365 e. The Morgan fingerprint density at radius 2 is 1.74 bits per heavy atom. The molecule has 6 aromatic rings. The lowest BCUT2D eigenvalue weighted by molar-refractivity contribution is 0.692. The lowest BCUT2D eigenvalue weighted by Crippen LogP contribution is -2.18. The molecule has 5 aromatic heterocycles. The highest BCUT2D eigenvalue weighted by molar-refractivity contribution is 6.30. The number of aryl methyl sites for hydroxylation is 2. The Morgan fingerprint density at radius 1 is 0.947 bits per heavy atom. The molecular formula is C28H25ClN8O. The van der Waals surface area contributed by atoms with E-state index < -0.39 is 0 Å². The van der Waals surface area contributed by atoms with Crippen LogP contribution in [-0.2, 0) is 19.6 Å². The van der Waals surface area contributed by atoms with Gasteiger partial charge >= 0.3 is 0 Å². The third kappa shape index (κ3) is 4.64. The lowest BCUT2D eigenvalue weighted by Gasteiger charge is -2.12. The molecule has 190 valence electrons. The maximum Gasteiger partial charge on any atom is 0.250 e. The minimum atomic E-state index is -0.0844. The molecule has 0 aliphatic heterocycles. The van der Waals surface area contributed by atoms with E-state index in [1.165, 1.54) is 18.0 Å². The molecule has 0 unspecified atom stereocenters. The SMILES string of the molecule is Cc1nc2[nH]ccc2c(C)c1CNc1ncnc2nn(Cc3ccc(Cn4cc(Cl)ccc4=O)cc3)cc12. The number of anilines is 1. The van der Waals surface area contributed by atoms with Gasteiger partial charge in [-0.15, -0.1) is 0 Å². The molecule has 0 saturated heterocycles. The van der Waals surface area contributed by atoms with Crippen LogP contribution in [0.25, 0.3) is 22.1 Å². The number of nitrogens with one attached hydrogen (secondary N) is 2. The lowest BCUT2D eigenvalue weighted by atomic mass is 10.0. The average Bonchev–Trinajstić information content (AvgIpc) is 3.54. The normalized spacial score (nSPS) is 11.4. The molecule has 0 bridgehead atoms. The van der Waals surface area contributed by atoms with Crippen molar-refractivity contribution in [3.05, 3.63) is 111 Å². The summed E-state index contributed by atoms with van der Waals surface area (Å²) in [6.07, 6.45) is 7.06. The van der Waals surface area contributed by atoms with Crippen LogP contribution in [0.4, 0.5) is 5.82 Å². The molecule has 1 aromatic carbocycles. The van der Waals surface area contributed by atoms with E-state index in [-0.39, 0.29) is 5.56 Å². The van der Waals surface area contributed by atoms with Crippen molar-refractivity contribution in [3.63, 3.8) is 0 Å². The number of pyridine rings is 2. The molecule has 0 amide bonds. The molecule has 9 nitrogen and oxygen atoms in total. The highest BCUT2D eigenvalue weighted by Crippen LogP contribution is 2.24. The zero-order valence-corrected chi connectivity index (χ0v) is 21.7. The molecule has 0 radical (unpaired) electrons. The summed E-state index contributed by atoms with van der Waals surface area (Å²) in [5.74, 6) is 0.733. The van der Waals surface area contributed by atoms with Gasteiger partial charge in [0.15, 0.2) is 5.65 Å². The molecule has 0 fully saturated rings. The van der Waals surface area contributed by atoms with Gasteiger partial charge in [0.25, 0.3) is 5.56 Å². The first-order valence-corrected chi connectivity index (χ1v) is 12.6. The molecule has 0 spiro atoms. The molecule has 0 atom stereocenters. The Balaban J connectivity index is 1.19. The minimum absolute atomic E-state index is 0.0844. The van der Waals surface area contributed by atoms with Crippen LogP contribution in [0, 0.1) is 13.8 Å². The number of hydrogen-bond acceptors (Lipinski definition) is 6. The fourth-order valence-corrected chi connectivity index (χ4v) is 4.90. The molecule has 0 aliphatic rings. The highest BCUT2D eigenvalue weighted by atomic mass is 35.5. The Hall–Kier alpha value is -4.50. The van der Waals surface area contributed by atoms with Crippen LogP contribution in [0.1, 0.15) is 27.9 Å². The Kier molecular flexibility index (Phi) is 6.13. The number of rotatable bonds is 7. The maximum absolute atomic E-state index is 12.1. The second kappa shape index (κ2) is 9.75. The highest BCUT2D eigenvalue weighted by Gasteiger charge is 2.13. The van der Waals surface area contributed by atoms with Gasteiger partial charge in [0.2, 0.25) is 0 Å². The van der Waals surface area contributed by atoms with Crippen molar-refractivity contribution in [1.82, 2.24) is 34.3 Å². The summed E-state index contributed by atoms with van der Waals surface area (Å²) in [5, 5.41) is 10.6. The van der Waals surface area contributed by atoms with Crippen LogP contribution < -0.4 is 10.9 Å². The van der Waals surface area contributed by atoms with E-state index in [1.807, 2.05) is 48.3 Å². The van der Waals surface area contributed by atoms with Gasteiger partial charge < -0.3 is 14.9 Å². The van der Waals surface area contributed by atoms with Gasteiger partial charge in [0.05, 0.1) is 23.5 Å². The van der Waals surface area contributed by atoms with Crippen LogP contribution in [0.5, 0.6) is 0 Å². The third-order valence-corrected chi connectivity index (χ3v) is 6.99. The summed E-state index contributed by atoms with van der Waals surface area (Å²) >= 11 is 6.04. The average molecular weight is 525 g/mol. The van der Waals surface area contributed by atoms with Gasteiger partial charge in [-0.25, -0.2) is 15.0 Å². The summed E-state index contributed by atoms with van der Waals surface area (Å²) in [4.78, 5) is 28.8. The van der Waals surface area contributed by atoms with Crippen LogP contribution in [0.15, 0.2) is 72.2 Å². The summed E-state index contributed by atoms with van der Waals surface area (Å²) in [7, 11) is 0. The molecule has 0 aliphatic carbocycles. The largest absolute Gasteiger partial charge is 0.365 e. The van der Waals surface area contributed by atoms with Crippen LogP contribution in [-0.4, -0.2) is 34.3 Å². The van der Waals surface area contributed by atoms with Gasteiger partial charge in [0, 0.05) is 42.3 Å². The molecule has 0 saturated carbocycles. The molecule has 2 N–H and O–H groups in total. The number of fused-ring (bicyclic) bond motifs is 2. The monoisotopic (exact) mass is 524 g/mol. The number of benzene rings is 1. The van der Waals surface area contributed by atoms with E-state index in [0.29, 0.717) is 30.3 Å². The van der Waals surface area contributed by atoms with Crippen molar-refractivity contribution in [2.24, 2.45) is 0 Å². The fourth-order valence-electron chi connectivity index (χ4n) is 4.72. The van der Waals surface area contributed by atoms with E-state index in [1.54, 1.807) is 16.8 Å². The quantitative estimate of drug-likeness (QED) is 0.309. The van der Waals surface area contributed by atoms with E-state index in [4.69, 9.17) is 16.6 Å². The van der Waals surface area contributed by atoms with Gasteiger partial charge in [-0.05, 0) is 48.2 Å². The molecular weight excluding hydrogens is 500 g/mol. The Morgan fingerprint density at radius 3 is 2.55 bits per heavy atom. The topological polar surface area (TPSA) is 106 Å². The van der Waals surface area contributed by atoms with Crippen molar-refractivity contribution < 1.29 is 0 Å². The van der Waals surface area contributed by atoms with Gasteiger partial charge in [-0.2, -0.15) is 5.10 Å². The first-order chi connectivity index (χ1) is 18.4. The summed E-state index contributed by atoms with van der Waals surface area (Å²) in [5.41, 5.74) is 6.88. The van der Waals surface area contributed by atoms with Crippen molar-refractivity contribution in [3.8, 4) is 0 Å². The molecule has 10 heteroatoms. The Labute approximate surface area is 223 Å². The van der Waals surface area contributed by atoms with Gasteiger partial charge in [-0.3, -0.25) is 9.48 Å². The number of aromatic amines is 1. The van der Waals surface area contributed by atoms with E-state index in [0.717, 1.165) is 44.6 Å². The first-order valence-electron chi connectivity index (χ1n) is 12.2. The van der Waals surface area contributed by atoms with Crippen molar-refractivity contribution in [1.29, 1.82) is 0 Å². The zero-order chi connectivity index (χ0) is 26.2. The summed E-state index contributed by atoms with van der Waals surface area (Å²) in [6, 6.07) is 13.2. The van der Waals surface area contributed by atoms with Crippen molar-refractivity contribution in [2.75, 3.05) is 5.32 Å². The molecule has 38 heavy (non-hydrogen) atoms. The maximum atomic E-state index is 12.1. The second-order valence-electron chi connectivity index (χ2n) is 9.31. The van der Waals surface area contributed by atoms with Crippen molar-refractivity contribution in [2.45, 2.75) is 33.5 Å². The standard InChI is InChI=1S/C28H25ClN8O/c1-17-22-9-10-30-27(22)34-18(2)23(17)11-31-26-24-15-37(35-28(24)33-16-32-26)13-20-5-3-19(4-6-20)12-36-14-21(29)7-8-25(36)38/h3-10,14-16H,11-13H2,1-2H3,(H,30,34)(H,31,32,33,35). The summed E-state index contributed by atoms with van der Waals surface area (Å²) in [6.45, 7) is 5.78. The number of halogens is 1. The number of nitrogens with zero attached hydrogens (tertiary/aromatic N) is 6. The van der Waals surface area contributed by atoms with E-state index in [9.17, 15) is 4.79 Å². The predicted octanol–water partition coefficient (Wildman–Crippen LogP) is 4.84. The number of hydrogen-bond donors (Lipinski definition) is 2. The number of aromatic nitrogens is 7.